The van der Waals surface area contributed by atoms with Crippen molar-refractivity contribution < 1.29 is 9.47 Å². The van der Waals surface area contributed by atoms with Crippen molar-refractivity contribution in [3.05, 3.63) is 37.1 Å². The van der Waals surface area contributed by atoms with Crippen molar-refractivity contribution in [1.29, 1.82) is 0 Å². The van der Waals surface area contributed by atoms with E-state index in [0.29, 0.717) is 23.9 Å². The summed E-state index contributed by atoms with van der Waals surface area (Å²) in [5.41, 5.74) is 1.60. The summed E-state index contributed by atoms with van der Waals surface area (Å²) in [5, 5.41) is 15.3. The van der Waals surface area contributed by atoms with E-state index >= 15 is 0 Å². The predicted octanol–water partition coefficient (Wildman–Crippen LogP) is 1.36. The Balaban J connectivity index is 1.51. The second-order valence-electron chi connectivity index (χ2n) is 5.40. The molecule has 4 rings (SSSR count). The van der Waals surface area contributed by atoms with Crippen LogP contribution in [0.4, 0.5) is 5.95 Å². The SMILES string of the molecule is CC(Cn1cncn1)Nc1nncc(-c2ccc3c(c2)OCO3)n1. The summed E-state index contributed by atoms with van der Waals surface area (Å²) < 4.78 is 12.5. The van der Waals surface area contributed by atoms with Crippen LogP contribution in [0.2, 0.25) is 0 Å². The fraction of sp³-hybridized carbons (Fsp3) is 0.267. The van der Waals surface area contributed by atoms with E-state index in [4.69, 9.17) is 9.47 Å². The Bertz CT molecular complexity index is 838. The molecule has 9 nitrogen and oxygen atoms in total. The van der Waals surface area contributed by atoms with E-state index < -0.39 is 0 Å². The molecular weight excluding hydrogens is 310 g/mol. The fourth-order valence-electron chi connectivity index (χ4n) is 2.43. The maximum Gasteiger partial charge on any atom is 0.243 e. The van der Waals surface area contributed by atoms with Gasteiger partial charge in [0.25, 0.3) is 0 Å². The van der Waals surface area contributed by atoms with E-state index in [-0.39, 0.29) is 12.8 Å². The number of nitrogens with zero attached hydrogens (tertiary/aromatic N) is 6. The second-order valence-corrected chi connectivity index (χ2v) is 5.40. The Labute approximate surface area is 137 Å². The molecule has 1 unspecified atom stereocenters. The molecule has 1 N–H and O–H groups in total. The van der Waals surface area contributed by atoms with Crippen LogP contribution in [-0.2, 0) is 6.54 Å². The maximum absolute atomic E-state index is 5.40. The predicted molar refractivity (Wildman–Crippen MR) is 84.5 cm³/mol. The molecule has 0 spiro atoms. The van der Waals surface area contributed by atoms with E-state index in [1.165, 1.54) is 6.33 Å². The molecule has 0 saturated heterocycles. The summed E-state index contributed by atoms with van der Waals surface area (Å²) in [6.45, 7) is 2.91. The minimum absolute atomic E-state index is 0.0699. The normalized spacial score (nSPS) is 13.7. The molecule has 0 fully saturated rings. The molecule has 0 aliphatic carbocycles. The van der Waals surface area contributed by atoms with E-state index in [1.807, 2.05) is 25.1 Å². The number of hydrogen-bond donors (Lipinski definition) is 1. The largest absolute Gasteiger partial charge is 0.454 e. The van der Waals surface area contributed by atoms with Crippen LogP contribution in [0.5, 0.6) is 11.5 Å². The smallest absolute Gasteiger partial charge is 0.243 e. The molecule has 3 aromatic rings. The minimum Gasteiger partial charge on any atom is -0.454 e. The van der Waals surface area contributed by atoms with Crippen molar-refractivity contribution in [3.8, 4) is 22.8 Å². The number of fused-ring (bicyclic) bond motifs is 1. The minimum atomic E-state index is 0.0699. The van der Waals surface area contributed by atoms with Crippen LogP contribution in [0.1, 0.15) is 6.92 Å². The number of hydrogen-bond acceptors (Lipinski definition) is 8. The molecule has 2 aromatic heterocycles. The highest BCUT2D eigenvalue weighted by Gasteiger charge is 2.15. The van der Waals surface area contributed by atoms with Crippen LogP contribution in [0, 0.1) is 0 Å². The third-order valence-corrected chi connectivity index (χ3v) is 3.53. The number of anilines is 1. The summed E-state index contributed by atoms with van der Waals surface area (Å²) in [6.07, 6.45) is 4.79. The van der Waals surface area contributed by atoms with Gasteiger partial charge in [0, 0.05) is 11.6 Å². The van der Waals surface area contributed by atoms with Crippen molar-refractivity contribution >= 4 is 5.95 Å². The lowest BCUT2D eigenvalue weighted by Crippen LogP contribution is -2.23. The van der Waals surface area contributed by atoms with Gasteiger partial charge in [0.05, 0.1) is 18.4 Å². The van der Waals surface area contributed by atoms with Crippen molar-refractivity contribution in [3.63, 3.8) is 0 Å². The zero-order valence-corrected chi connectivity index (χ0v) is 13.0. The van der Waals surface area contributed by atoms with Gasteiger partial charge in [-0.15, -0.1) is 5.10 Å². The topological polar surface area (TPSA) is 99.9 Å². The lowest BCUT2D eigenvalue weighted by atomic mass is 10.1. The Morgan fingerprint density at radius 2 is 2.21 bits per heavy atom. The summed E-state index contributed by atoms with van der Waals surface area (Å²) >= 11 is 0. The molecule has 0 saturated carbocycles. The van der Waals surface area contributed by atoms with Gasteiger partial charge in [-0.2, -0.15) is 10.2 Å². The summed E-state index contributed by atoms with van der Waals surface area (Å²) in [5.74, 6) is 1.90. The first-order valence-electron chi connectivity index (χ1n) is 7.46. The molecule has 0 amide bonds. The standard InChI is InChI=1S/C15H15N7O2/c1-10(6-22-8-16-7-18-22)19-15-20-12(5-17-21-15)11-2-3-13-14(4-11)24-9-23-13/h2-5,7-8,10H,6,9H2,1H3,(H,19,20,21). The molecule has 0 bridgehead atoms. The van der Waals surface area contributed by atoms with E-state index in [0.717, 1.165) is 11.3 Å². The van der Waals surface area contributed by atoms with Crippen LogP contribution < -0.4 is 14.8 Å². The molecule has 9 heteroatoms. The number of rotatable bonds is 5. The lowest BCUT2D eigenvalue weighted by molar-refractivity contribution is 0.174. The molecule has 122 valence electrons. The van der Waals surface area contributed by atoms with Crippen LogP contribution in [0.15, 0.2) is 37.1 Å². The quantitative estimate of drug-likeness (QED) is 0.750. The first-order valence-corrected chi connectivity index (χ1v) is 7.46. The lowest BCUT2D eigenvalue weighted by Gasteiger charge is -2.13. The van der Waals surface area contributed by atoms with Crippen molar-refractivity contribution in [2.45, 2.75) is 19.5 Å². The van der Waals surface area contributed by atoms with Gasteiger partial charge in [0.2, 0.25) is 12.7 Å². The molecule has 1 aromatic carbocycles. The average molecular weight is 325 g/mol. The molecule has 3 heterocycles. The van der Waals surface area contributed by atoms with Gasteiger partial charge >= 0.3 is 0 Å². The Morgan fingerprint density at radius 3 is 3.08 bits per heavy atom. The summed E-state index contributed by atoms with van der Waals surface area (Å²) in [7, 11) is 0. The van der Waals surface area contributed by atoms with E-state index in [2.05, 4.69) is 30.6 Å². The average Bonchev–Trinajstić information content (AvgIpc) is 3.25. The maximum atomic E-state index is 5.40. The number of nitrogens with one attached hydrogen (secondary N) is 1. The molecular formula is C15H15N7O2. The Kier molecular flexibility index (Phi) is 3.66. The van der Waals surface area contributed by atoms with Crippen LogP contribution >= 0.6 is 0 Å². The monoisotopic (exact) mass is 325 g/mol. The van der Waals surface area contributed by atoms with Crippen LogP contribution in [-0.4, -0.2) is 42.8 Å². The van der Waals surface area contributed by atoms with E-state index in [1.54, 1.807) is 17.2 Å². The van der Waals surface area contributed by atoms with Gasteiger partial charge in [-0.3, -0.25) is 4.68 Å². The third-order valence-electron chi connectivity index (χ3n) is 3.53. The van der Waals surface area contributed by atoms with Crippen molar-refractivity contribution in [1.82, 2.24) is 29.9 Å². The van der Waals surface area contributed by atoms with Gasteiger partial charge in [-0.1, -0.05) is 0 Å². The van der Waals surface area contributed by atoms with Crippen LogP contribution in [0.3, 0.4) is 0 Å². The number of benzene rings is 1. The zero-order chi connectivity index (χ0) is 16.4. The highest BCUT2D eigenvalue weighted by Crippen LogP contribution is 2.35. The van der Waals surface area contributed by atoms with Gasteiger partial charge < -0.3 is 14.8 Å². The zero-order valence-electron chi connectivity index (χ0n) is 13.0. The fourth-order valence-corrected chi connectivity index (χ4v) is 2.43. The number of ether oxygens (including phenoxy) is 2. The molecule has 0 radical (unpaired) electrons. The van der Waals surface area contributed by atoms with Gasteiger partial charge in [0.15, 0.2) is 11.5 Å². The highest BCUT2D eigenvalue weighted by molar-refractivity contribution is 5.64. The first-order chi connectivity index (χ1) is 11.8. The van der Waals surface area contributed by atoms with E-state index in [9.17, 15) is 0 Å². The molecule has 1 aliphatic heterocycles. The van der Waals surface area contributed by atoms with Gasteiger partial charge in [-0.25, -0.2) is 9.97 Å². The Morgan fingerprint density at radius 1 is 1.29 bits per heavy atom. The number of aromatic nitrogens is 6. The summed E-state index contributed by atoms with van der Waals surface area (Å²) in [6, 6.07) is 5.73. The first kappa shape index (κ1) is 14.4. The summed E-state index contributed by atoms with van der Waals surface area (Å²) in [4.78, 5) is 8.43. The molecule has 1 atom stereocenters. The van der Waals surface area contributed by atoms with Crippen molar-refractivity contribution in [2.24, 2.45) is 0 Å². The van der Waals surface area contributed by atoms with Crippen LogP contribution in [0.25, 0.3) is 11.3 Å². The second kappa shape index (κ2) is 6.11. The molecule has 1 aliphatic rings. The third kappa shape index (κ3) is 2.96. The highest BCUT2D eigenvalue weighted by atomic mass is 16.7. The Hall–Kier alpha value is -3.23. The molecule has 24 heavy (non-hydrogen) atoms. The van der Waals surface area contributed by atoms with Gasteiger partial charge in [-0.05, 0) is 25.1 Å². The van der Waals surface area contributed by atoms with Crippen molar-refractivity contribution in [2.75, 3.05) is 12.1 Å². The van der Waals surface area contributed by atoms with Gasteiger partial charge in [0.1, 0.15) is 12.7 Å².